The summed E-state index contributed by atoms with van der Waals surface area (Å²) < 4.78 is 51.8. The highest BCUT2D eigenvalue weighted by Crippen LogP contribution is 2.37. The molecule has 4 rings (SSSR count). The topological polar surface area (TPSA) is 105 Å². The molecule has 2 aromatic carbocycles. The highest BCUT2D eigenvalue weighted by Gasteiger charge is 2.49. The average Bonchev–Trinajstić information content (AvgIpc) is 3.23. The number of fused-ring (bicyclic) bond motifs is 1. The number of nitrogens with one attached hydrogen (secondary N) is 1. The normalized spacial score (nSPS) is 24.3. The number of amides is 1. The van der Waals surface area contributed by atoms with Crippen LogP contribution < -0.4 is 10.2 Å². The molecule has 160 valence electrons. The first-order chi connectivity index (χ1) is 14.4. The van der Waals surface area contributed by atoms with Gasteiger partial charge in [-0.15, -0.1) is 0 Å². The maximum atomic E-state index is 13.3. The van der Waals surface area contributed by atoms with Crippen LogP contribution in [-0.2, 0) is 19.6 Å². The molecule has 3 atom stereocenters. The van der Waals surface area contributed by atoms with Crippen LogP contribution in [0.25, 0.3) is 0 Å². The van der Waals surface area contributed by atoms with Crippen molar-refractivity contribution in [3.8, 4) is 11.5 Å². The van der Waals surface area contributed by atoms with Gasteiger partial charge in [0.05, 0.1) is 11.0 Å². The molecule has 0 radical (unpaired) electrons. The number of sulfonamides is 1. The fourth-order valence-electron chi connectivity index (χ4n) is 4.05. The largest absolute Gasteiger partial charge is 0.457 e. The molecule has 0 aromatic heterocycles. The Morgan fingerprint density at radius 2 is 1.73 bits per heavy atom. The van der Waals surface area contributed by atoms with E-state index in [1.807, 2.05) is 0 Å². The van der Waals surface area contributed by atoms with Crippen LogP contribution in [-0.4, -0.2) is 49.1 Å². The summed E-state index contributed by atoms with van der Waals surface area (Å²) in [5.41, 5.74) is 1.59. The van der Waals surface area contributed by atoms with Gasteiger partial charge in [-0.1, -0.05) is 0 Å². The number of rotatable bonds is 5. The zero-order chi connectivity index (χ0) is 21.3. The van der Waals surface area contributed by atoms with Gasteiger partial charge in [-0.05, 0) is 61.4 Å². The fraction of sp³-hybridized carbons (Fsp3) is 0.350. The first-order valence-electron chi connectivity index (χ1n) is 9.51. The van der Waals surface area contributed by atoms with Crippen LogP contribution in [0.4, 0.5) is 4.39 Å². The Morgan fingerprint density at radius 3 is 2.37 bits per heavy atom. The smallest absolute Gasteiger partial charge is 0.262 e. The second-order valence-corrected chi connectivity index (χ2v) is 9.11. The van der Waals surface area contributed by atoms with Gasteiger partial charge in [-0.25, -0.2) is 18.3 Å². The first kappa shape index (κ1) is 20.7. The van der Waals surface area contributed by atoms with Crippen molar-refractivity contribution in [3.63, 3.8) is 0 Å². The number of hydrogen-bond donors (Lipinski definition) is 2. The molecule has 0 saturated carbocycles. The lowest BCUT2D eigenvalue weighted by atomic mass is 9.87. The molecular weight excluding hydrogens is 415 g/mol. The van der Waals surface area contributed by atoms with Gasteiger partial charge in [0.15, 0.2) is 0 Å². The molecule has 30 heavy (non-hydrogen) atoms. The van der Waals surface area contributed by atoms with Crippen LogP contribution in [0.1, 0.15) is 12.8 Å². The van der Waals surface area contributed by atoms with Crippen molar-refractivity contribution in [2.24, 2.45) is 5.92 Å². The van der Waals surface area contributed by atoms with Gasteiger partial charge in [-0.2, -0.15) is 4.31 Å². The van der Waals surface area contributed by atoms with Gasteiger partial charge in [0.25, 0.3) is 5.91 Å². The number of halogens is 1. The van der Waals surface area contributed by atoms with Gasteiger partial charge in [0, 0.05) is 19.1 Å². The van der Waals surface area contributed by atoms with E-state index in [0.717, 1.165) is 4.31 Å². The number of hydroxylamine groups is 1. The minimum Gasteiger partial charge on any atom is -0.457 e. The number of hydrogen-bond acceptors (Lipinski definition) is 6. The Morgan fingerprint density at radius 1 is 1.10 bits per heavy atom. The molecule has 0 unspecified atom stereocenters. The number of nitrogens with zero attached hydrogens (tertiary/aromatic N) is 1. The first-order valence-corrected chi connectivity index (χ1v) is 10.9. The molecule has 2 aromatic rings. The third-order valence-electron chi connectivity index (χ3n) is 5.47. The third-order valence-corrected chi connectivity index (χ3v) is 7.36. The Hall–Kier alpha value is -2.53. The summed E-state index contributed by atoms with van der Waals surface area (Å²) in [5, 5.41) is 9.15. The van der Waals surface area contributed by atoms with Crippen molar-refractivity contribution in [2.75, 3.05) is 13.2 Å². The quantitative estimate of drug-likeness (QED) is 0.551. The molecule has 2 heterocycles. The summed E-state index contributed by atoms with van der Waals surface area (Å²) in [6, 6.07) is 10.2. The second-order valence-electron chi connectivity index (χ2n) is 7.21. The highest BCUT2D eigenvalue weighted by molar-refractivity contribution is 7.89. The Labute approximate surface area is 173 Å². The molecule has 2 fully saturated rings. The molecule has 2 aliphatic rings. The van der Waals surface area contributed by atoms with Crippen LogP contribution in [0.15, 0.2) is 53.4 Å². The number of carbonyl (C=O) groups is 1. The standard InChI is InChI=1S/C20H21FN2O6S/c21-13-1-3-14(4-2-13)29-15-5-7-16(8-6-15)30(26,27)23-11-9-18-17(10-12-28-18)19(23)20(24)22-25/h1-8,17-19,25H,9-12H2,(H,22,24)/t17-,18-,19+/m0/s1. The molecule has 2 saturated heterocycles. The molecule has 8 nitrogen and oxygen atoms in total. The lowest BCUT2D eigenvalue weighted by Crippen LogP contribution is -2.58. The maximum absolute atomic E-state index is 13.3. The van der Waals surface area contributed by atoms with Gasteiger partial charge in [0.2, 0.25) is 10.0 Å². The molecule has 2 N–H and O–H groups in total. The Kier molecular flexibility index (Phi) is 5.74. The number of carbonyl (C=O) groups excluding carboxylic acids is 1. The summed E-state index contributed by atoms with van der Waals surface area (Å²) in [6.07, 6.45) is 0.814. The summed E-state index contributed by atoms with van der Waals surface area (Å²) >= 11 is 0. The van der Waals surface area contributed by atoms with Crippen LogP contribution in [0.3, 0.4) is 0 Å². The van der Waals surface area contributed by atoms with Crippen LogP contribution in [0, 0.1) is 11.7 Å². The van der Waals surface area contributed by atoms with Crippen LogP contribution >= 0.6 is 0 Å². The summed E-state index contributed by atoms with van der Waals surface area (Å²) in [7, 11) is -4.00. The third kappa shape index (κ3) is 3.91. The van der Waals surface area contributed by atoms with E-state index in [2.05, 4.69) is 0 Å². The van der Waals surface area contributed by atoms with E-state index in [9.17, 15) is 17.6 Å². The summed E-state index contributed by atoms with van der Waals surface area (Å²) in [4.78, 5) is 12.3. The van der Waals surface area contributed by atoms with Crippen LogP contribution in [0.5, 0.6) is 11.5 Å². The lowest BCUT2D eigenvalue weighted by molar-refractivity contribution is -0.137. The minimum atomic E-state index is -4.00. The van der Waals surface area contributed by atoms with E-state index in [1.54, 1.807) is 5.48 Å². The van der Waals surface area contributed by atoms with E-state index in [1.165, 1.54) is 48.5 Å². The van der Waals surface area contributed by atoms with E-state index >= 15 is 0 Å². The molecular formula is C20H21FN2O6S. The fourth-order valence-corrected chi connectivity index (χ4v) is 5.69. The van der Waals surface area contributed by atoms with E-state index in [0.29, 0.717) is 30.9 Å². The van der Waals surface area contributed by atoms with E-state index < -0.39 is 22.0 Å². The number of benzene rings is 2. The van der Waals surface area contributed by atoms with Crippen molar-refractivity contribution in [1.29, 1.82) is 0 Å². The van der Waals surface area contributed by atoms with E-state index in [-0.39, 0.29) is 29.3 Å². The van der Waals surface area contributed by atoms with Crippen molar-refractivity contribution in [2.45, 2.75) is 29.9 Å². The second kappa shape index (κ2) is 8.31. The van der Waals surface area contributed by atoms with Gasteiger partial charge < -0.3 is 9.47 Å². The van der Waals surface area contributed by atoms with Crippen molar-refractivity contribution in [3.05, 3.63) is 54.3 Å². The maximum Gasteiger partial charge on any atom is 0.262 e. The van der Waals surface area contributed by atoms with E-state index in [4.69, 9.17) is 14.7 Å². The Balaban J connectivity index is 1.57. The lowest BCUT2D eigenvalue weighted by Gasteiger charge is -2.39. The van der Waals surface area contributed by atoms with Gasteiger partial charge >= 0.3 is 0 Å². The predicted octanol–water partition coefficient (Wildman–Crippen LogP) is 2.29. The Bertz CT molecular complexity index is 1010. The molecule has 0 bridgehead atoms. The molecule has 0 aliphatic carbocycles. The molecule has 10 heteroatoms. The average molecular weight is 436 g/mol. The zero-order valence-electron chi connectivity index (χ0n) is 15.9. The summed E-state index contributed by atoms with van der Waals surface area (Å²) in [6.45, 7) is 0.559. The molecule has 1 amide bonds. The predicted molar refractivity (Wildman–Crippen MR) is 103 cm³/mol. The van der Waals surface area contributed by atoms with Crippen molar-refractivity contribution in [1.82, 2.24) is 9.79 Å². The highest BCUT2D eigenvalue weighted by atomic mass is 32.2. The molecule has 2 aliphatic heterocycles. The van der Waals surface area contributed by atoms with Gasteiger partial charge in [-0.3, -0.25) is 10.0 Å². The monoisotopic (exact) mass is 436 g/mol. The number of piperidine rings is 1. The zero-order valence-corrected chi connectivity index (χ0v) is 16.7. The summed E-state index contributed by atoms with van der Waals surface area (Å²) in [5.74, 6) is -0.679. The van der Waals surface area contributed by atoms with Crippen LogP contribution in [0.2, 0.25) is 0 Å². The minimum absolute atomic E-state index is 0.00191. The SMILES string of the molecule is O=C(NO)[C@H]1[C@H]2CCO[C@H]2CCN1S(=O)(=O)c1ccc(Oc2ccc(F)cc2)cc1. The molecule has 0 spiro atoms. The van der Waals surface area contributed by atoms with Crippen molar-refractivity contribution < 1.29 is 32.3 Å². The number of ether oxygens (including phenoxy) is 2. The van der Waals surface area contributed by atoms with Gasteiger partial charge in [0.1, 0.15) is 23.4 Å². The van der Waals surface area contributed by atoms with Crippen molar-refractivity contribution >= 4 is 15.9 Å².